The first-order valence-corrected chi connectivity index (χ1v) is 7.12. The number of hydrogen-bond donors (Lipinski definition) is 1. The van der Waals surface area contributed by atoms with E-state index in [4.69, 9.17) is 9.47 Å². The maximum absolute atomic E-state index is 14.1. The van der Waals surface area contributed by atoms with Gasteiger partial charge in [0.1, 0.15) is 12.4 Å². The summed E-state index contributed by atoms with van der Waals surface area (Å²) in [6.07, 6.45) is 0. The fourth-order valence-corrected chi connectivity index (χ4v) is 2.34. The van der Waals surface area contributed by atoms with E-state index in [1.54, 1.807) is 19.1 Å². The Kier molecular flexibility index (Phi) is 5.33. The molecule has 1 atom stereocenters. The molecule has 1 aromatic carbocycles. The molecular weight excluding hydrogens is 303 g/mol. The minimum absolute atomic E-state index is 0.0771. The van der Waals surface area contributed by atoms with Crippen LogP contribution in [0.5, 0.6) is 0 Å². The van der Waals surface area contributed by atoms with E-state index in [2.05, 4.69) is 5.32 Å². The maximum atomic E-state index is 14.1. The van der Waals surface area contributed by atoms with E-state index in [0.717, 1.165) is 0 Å². The maximum Gasteiger partial charge on any atom is 0.338 e. The van der Waals surface area contributed by atoms with Gasteiger partial charge in [0.05, 0.1) is 18.2 Å². The minimum Gasteiger partial charge on any atom is -0.460 e. The van der Waals surface area contributed by atoms with Gasteiger partial charge in [0.25, 0.3) is 0 Å². The monoisotopic (exact) mass is 322 g/mol. The molecule has 0 aliphatic carbocycles. The van der Waals surface area contributed by atoms with Crippen molar-refractivity contribution in [2.45, 2.75) is 13.0 Å². The number of amides is 2. The molecule has 6 nitrogen and oxygen atoms in total. The van der Waals surface area contributed by atoms with Gasteiger partial charge < -0.3 is 19.7 Å². The average molecular weight is 322 g/mol. The summed E-state index contributed by atoms with van der Waals surface area (Å²) in [5.41, 5.74) is 0.838. The number of esters is 1. The van der Waals surface area contributed by atoms with Gasteiger partial charge in [-0.3, -0.25) is 0 Å². The van der Waals surface area contributed by atoms with Gasteiger partial charge in [-0.1, -0.05) is 18.2 Å². The zero-order valence-electron chi connectivity index (χ0n) is 13.3. The molecule has 1 aromatic rings. The molecule has 0 saturated carbocycles. The molecule has 2 amide bonds. The van der Waals surface area contributed by atoms with E-state index in [0.29, 0.717) is 5.70 Å². The average Bonchev–Trinajstić information content (AvgIpc) is 2.53. The van der Waals surface area contributed by atoms with Crippen molar-refractivity contribution in [1.82, 2.24) is 10.2 Å². The van der Waals surface area contributed by atoms with Crippen molar-refractivity contribution in [2.24, 2.45) is 0 Å². The third-order valence-corrected chi connectivity index (χ3v) is 3.71. The third-order valence-electron chi connectivity index (χ3n) is 3.71. The number of urea groups is 1. The van der Waals surface area contributed by atoms with Gasteiger partial charge >= 0.3 is 12.0 Å². The normalized spacial score (nSPS) is 18.0. The molecule has 7 heteroatoms. The molecule has 124 valence electrons. The standard InChI is InChI=1S/C16H19FN2O4/c1-10-13(15(20)23-9-8-22-3)14(18-16(21)19(10)2)11-6-4-5-7-12(11)17/h4-7,14H,8-9H2,1-3H3,(H,18,21)/t14-/m0/s1. The highest BCUT2D eigenvalue weighted by molar-refractivity contribution is 5.95. The topological polar surface area (TPSA) is 67.9 Å². The second-order valence-corrected chi connectivity index (χ2v) is 5.09. The van der Waals surface area contributed by atoms with Gasteiger partial charge in [0, 0.05) is 25.4 Å². The number of rotatable bonds is 5. The smallest absolute Gasteiger partial charge is 0.338 e. The molecule has 0 aromatic heterocycles. The van der Waals surface area contributed by atoms with Crippen LogP contribution in [0, 0.1) is 5.82 Å². The second-order valence-electron chi connectivity index (χ2n) is 5.09. The van der Waals surface area contributed by atoms with E-state index in [-0.39, 0.29) is 24.4 Å². The highest BCUT2D eigenvalue weighted by atomic mass is 19.1. The first-order chi connectivity index (χ1) is 11.0. The summed E-state index contributed by atoms with van der Waals surface area (Å²) in [4.78, 5) is 25.7. The van der Waals surface area contributed by atoms with E-state index in [9.17, 15) is 14.0 Å². The van der Waals surface area contributed by atoms with Crippen LogP contribution in [0.25, 0.3) is 0 Å². The Morgan fingerprint density at radius 1 is 1.35 bits per heavy atom. The molecule has 1 aliphatic rings. The first-order valence-electron chi connectivity index (χ1n) is 7.12. The molecule has 0 radical (unpaired) electrons. The predicted molar refractivity (Wildman–Crippen MR) is 81.0 cm³/mol. The molecule has 1 heterocycles. The largest absolute Gasteiger partial charge is 0.460 e. The van der Waals surface area contributed by atoms with E-state index in [1.807, 2.05) is 0 Å². The number of nitrogens with one attached hydrogen (secondary N) is 1. The Labute approximate surface area is 133 Å². The number of hydrogen-bond acceptors (Lipinski definition) is 4. The molecule has 0 fully saturated rings. The number of carbonyl (C=O) groups excluding carboxylic acids is 2. The lowest BCUT2D eigenvalue weighted by atomic mass is 9.94. The van der Waals surface area contributed by atoms with Crippen molar-refractivity contribution >= 4 is 12.0 Å². The van der Waals surface area contributed by atoms with Crippen LogP contribution in [-0.2, 0) is 14.3 Å². The number of halogens is 1. The van der Waals surface area contributed by atoms with Gasteiger partial charge in [-0.2, -0.15) is 0 Å². The molecule has 0 unspecified atom stereocenters. The van der Waals surface area contributed by atoms with Gasteiger partial charge in [-0.15, -0.1) is 0 Å². The fraction of sp³-hybridized carbons (Fsp3) is 0.375. The van der Waals surface area contributed by atoms with Crippen molar-refractivity contribution < 1.29 is 23.5 Å². The van der Waals surface area contributed by atoms with E-state index in [1.165, 1.54) is 31.2 Å². The molecule has 0 spiro atoms. The highest BCUT2D eigenvalue weighted by Crippen LogP contribution is 2.31. The summed E-state index contributed by atoms with van der Waals surface area (Å²) >= 11 is 0. The van der Waals surface area contributed by atoms with Crippen LogP contribution in [-0.4, -0.2) is 44.3 Å². The van der Waals surface area contributed by atoms with Crippen LogP contribution in [0.2, 0.25) is 0 Å². The molecule has 1 N–H and O–H groups in total. The van der Waals surface area contributed by atoms with Gasteiger partial charge in [0.15, 0.2) is 0 Å². The minimum atomic E-state index is -0.894. The molecule has 23 heavy (non-hydrogen) atoms. The van der Waals surface area contributed by atoms with Crippen LogP contribution >= 0.6 is 0 Å². The summed E-state index contributed by atoms with van der Waals surface area (Å²) in [5.74, 6) is -1.11. The highest BCUT2D eigenvalue weighted by Gasteiger charge is 2.36. The van der Waals surface area contributed by atoms with E-state index < -0.39 is 23.9 Å². The van der Waals surface area contributed by atoms with Crippen LogP contribution in [0.4, 0.5) is 9.18 Å². The number of methoxy groups -OCH3 is 1. The SMILES string of the molecule is COCCOC(=O)C1=C(C)N(C)C(=O)N[C@H]1c1ccccc1F. The Morgan fingerprint density at radius 2 is 2.04 bits per heavy atom. The Balaban J connectivity index is 2.40. The quantitative estimate of drug-likeness (QED) is 0.665. The Morgan fingerprint density at radius 3 is 2.70 bits per heavy atom. The summed E-state index contributed by atoms with van der Waals surface area (Å²) < 4.78 is 24.1. The predicted octanol–water partition coefficient (Wildman–Crippen LogP) is 1.99. The third kappa shape index (κ3) is 3.50. The van der Waals surface area contributed by atoms with Crippen LogP contribution < -0.4 is 5.32 Å². The molecule has 1 aliphatic heterocycles. The first kappa shape index (κ1) is 17.0. The van der Waals surface area contributed by atoms with Gasteiger partial charge in [-0.25, -0.2) is 14.0 Å². The van der Waals surface area contributed by atoms with Crippen molar-refractivity contribution in [3.63, 3.8) is 0 Å². The van der Waals surface area contributed by atoms with Crippen molar-refractivity contribution in [3.05, 3.63) is 46.9 Å². The van der Waals surface area contributed by atoms with Crippen LogP contribution in [0.15, 0.2) is 35.5 Å². The van der Waals surface area contributed by atoms with Crippen molar-refractivity contribution in [1.29, 1.82) is 0 Å². The molecule has 0 bridgehead atoms. The van der Waals surface area contributed by atoms with Crippen molar-refractivity contribution in [3.8, 4) is 0 Å². The number of benzene rings is 1. The lowest BCUT2D eigenvalue weighted by Gasteiger charge is -2.33. The van der Waals surface area contributed by atoms with Crippen molar-refractivity contribution in [2.75, 3.05) is 27.4 Å². The van der Waals surface area contributed by atoms with Crippen LogP contribution in [0.1, 0.15) is 18.5 Å². The number of ether oxygens (including phenoxy) is 2. The number of nitrogens with zero attached hydrogens (tertiary/aromatic N) is 1. The zero-order valence-corrected chi connectivity index (χ0v) is 13.3. The van der Waals surface area contributed by atoms with Gasteiger partial charge in [0.2, 0.25) is 0 Å². The zero-order chi connectivity index (χ0) is 17.0. The molecule has 2 rings (SSSR count). The van der Waals surface area contributed by atoms with E-state index >= 15 is 0 Å². The lowest BCUT2D eigenvalue weighted by Crippen LogP contribution is -2.46. The summed E-state index contributed by atoms with van der Waals surface area (Å²) in [6, 6.07) is 4.69. The summed E-state index contributed by atoms with van der Waals surface area (Å²) in [7, 11) is 3.03. The lowest BCUT2D eigenvalue weighted by molar-refractivity contribution is -0.140. The number of carbonyl (C=O) groups is 2. The fourth-order valence-electron chi connectivity index (χ4n) is 2.34. The number of allylic oxidation sites excluding steroid dienone is 1. The molecular formula is C16H19FN2O4. The van der Waals surface area contributed by atoms with Gasteiger partial charge in [-0.05, 0) is 13.0 Å². The molecule has 0 saturated heterocycles. The second kappa shape index (κ2) is 7.23. The summed E-state index contributed by atoms with van der Waals surface area (Å²) in [6.45, 7) is 1.96. The summed E-state index contributed by atoms with van der Waals surface area (Å²) in [5, 5.41) is 2.63. The Bertz CT molecular complexity index is 645. The van der Waals surface area contributed by atoms with Crippen LogP contribution in [0.3, 0.4) is 0 Å². The Hall–Kier alpha value is -2.41.